The van der Waals surface area contributed by atoms with Crippen LogP contribution in [-0.4, -0.2) is 11.1 Å². The zero-order valence-electron chi connectivity index (χ0n) is 10.6. The molecule has 21 heavy (non-hydrogen) atoms. The molecule has 2 rings (SSSR count). The largest absolute Gasteiger partial charge is 0.487 e. The number of rotatable bonds is 4. The number of nitrogens with zero attached hydrogens (tertiary/aromatic N) is 1. The van der Waals surface area contributed by atoms with Crippen LogP contribution in [0, 0.1) is 11.3 Å². The summed E-state index contributed by atoms with van der Waals surface area (Å²) < 4.78 is 7.08. The fourth-order valence-corrected chi connectivity index (χ4v) is 2.52. The molecule has 0 heterocycles. The lowest BCUT2D eigenvalue weighted by molar-refractivity contribution is 0.0696. The Balaban J connectivity index is 2.17. The Kier molecular flexibility index (Phi) is 4.99. The maximum Gasteiger partial charge on any atom is 0.335 e. The Morgan fingerprint density at radius 2 is 2.00 bits per heavy atom. The van der Waals surface area contributed by atoms with Crippen LogP contribution in [-0.2, 0) is 6.61 Å². The van der Waals surface area contributed by atoms with E-state index in [-0.39, 0.29) is 12.2 Å². The average Bonchev–Trinajstić information content (AvgIpc) is 2.46. The lowest BCUT2D eigenvalue weighted by atomic mass is 10.1. The Hall–Kier alpha value is -1.84. The van der Waals surface area contributed by atoms with Gasteiger partial charge in [0.15, 0.2) is 0 Å². The van der Waals surface area contributed by atoms with E-state index in [1.807, 2.05) is 0 Å². The first-order valence-corrected chi connectivity index (χ1v) is 7.44. The van der Waals surface area contributed by atoms with E-state index in [1.54, 1.807) is 24.3 Å². The molecule has 0 aliphatic carbocycles. The van der Waals surface area contributed by atoms with Crippen molar-refractivity contribution < 1.29 is 14.6 Å². The first kappa shape index (κ1) is 15.5. The molecule has 0 aliphatic heterocycles. The molecule has 0 aromatic heterocycles. The molecular formula is C15H9Br2NO3. The molecule has 0 unspecified atom stereocenters. The quantitative estimate of drug-likeness (QED) is 0.812. The third-order valence-corrected chi connectivity index (χ3v) is 3.98. The summed E-state index contributed by atoms with van der Waals surface area (Å²) in [6.07, 6.45) is 0. The number of aromatic carboxylic acids is 1. The van der Waals surface area contributed by atoms with Crippen molar-refractivity contribution in [2.24, 2.45) is 0 Å². The lowest BCUT2D eigenvalue weighted by Crippen LogP contribution is -2.01. The summed E-state index contributed by atoms with van der Waals surface area (Å²) in [6.45, 7) is 0.233. The zero-order valence-corrected chi connectivity index (χ0v) is 13.8. The fourth-order valence-electron chi connectivity index (χ4n) is 1.67. The molecule has 0 fully saturated rings. The molecule has 1 N–H and O–H groups in total. The van der Waals surface area contributed by atoms with Gasteiger partial charge >= 0.3 is 5.97 Å². The van der Waals surface area contributed by atoms with Gasteiger partial charge in [0.25, 0.3) is 0 Å². The summed E-state index contributed by atoms with van der Waals surface area (Å²) in [4.78, 5) is 10.9. The molecule has 0 bridgehead atoms. The van der Waals surface area contributed by atoms with Gasteiger partial charge in [0, 0.05) is 14.5 Å². The summed E-state index contributed by atoms with van der Waals surface area (Å²) in [5, 5.41) is 18.0. The minimum Gasteiger partial charge on any atom is -0.487 e. The van der Waals surface area contributed by atoms with E-state index in [1.165, 1.54) is 12.1 Å². The third kappa shape index (κ3) is 3.84. The zero-order chi connectivity index (χ0) is 15.4. The molecule has 0 aliphatic rings. The maximum atomic E-state index is 10.9. The highest BCUT2D eigenvalue weighted by atomic mass is 79.9. The fraction of sp³-hybridized carbons (Fsp3) is 0.0667. The number of carboxylic acid groups (broad SMARTS) is 1. The van der Waals surface area contributed by atoms with Gasteiger partial charge in [-0.3, -0.25) is 0 Å². The summed E-state index contributed by atoms with van der Waals surface area (Å²) in [7, 11) is 0. The number of hydrogen-bond donors (Lipinski definition) is 1. The van der Waals surface area contributed by atoms with Crippen molar-refractivity contribution in [3.8, 4) is 11.8 Å². The first-order valence-electron chi connectivity index (χ1n) is 5.85. The van der Waals surface area contributed by atoms with E-state index in [4.69, 9.17) is 15.1 Å². The molecule has 0 spiro atoms. The van der Waals surface area contributed by atoms with Crippen molar-refractivity contribution in [1.29, 1.82) is 5.26 Å². The predicted octanol–water partition coefficient (Wildman–Crippen LogP) is 4.36. The highest BCUT2D eigenvalue weighted by Crippen LogP contribution is 2.25. The highest BCUT2D eigenvalue weighted by Gasteiger charge is 2.09. The van der Waals surface area contributed by atoms with Crippen LogP contribution in [0.25, 0.3) is 0 Å². The lowest BCUT2D eigenvalue weighted by Gasteiger charge is -2.10. The minimum atomic E-state index is -0.983. The molecule has 0 radical (unpaired) electrons. The number of carboxylic acids is 1. The van der Waals surface area contributed by atoms with Gasteiger partial charge in [-0.15, -0.1) is 0 Å². The predicted molar refractivity (Wildman–Crippen MR) is 84.3 cm³/mol. The molecule has 0 atom stereocenters. The topological polar surface area (TPSA) is 70.3 Å². The number of halogens is 2. The van der Waals surface area contributed by atoms with Crippen LogP contribution in [0.5, 0.6) is 5.75 Å². The van der Waals surface area contributed by atoms with Gasteiger partial charge in [0.1, 0.15) is 18.4 Å². The molecule has 2 aromatic carbocycles. The molecule has 0 amide bonds. The maximum absolute atomic E-state index is 10.9. The first-order chi connectivity index (χ1) is 10.0. The van der Waals surface area contributed by atoms with Crippen LogP contribution in [0.1, 0.15) is 21.5 Å². The molecule has 4 nitrogen and oxygen atoms in total. The van der Waals surface area contributed by atoms with Gasteiger partial charge in [-0.2, -0.15) is 5.26 Å². The van der Waals surface area contributed by atoms with Gasteiger partial charge in [-0.05, 0) is 30.3 Å². The normalized spacial score (nSPS) is 9.95. The Morgan fingerprint density at radius 1 is 1.24 bits per heavy atom. The SMILES string of the molecule is N#Cc1cc(Br)ccc1OCc1ccc(C(=O)O)cc1Br. The van der Waals surface area contributed by atoms with Crippen LogP contribution in [0.3, 0.4) is 0 Å². The van der Waals surface area contributed by atoms with Crippen molar-refractivity contribution in [2.75, 3.05) is 0 Å². The Bertz CT molecular complexity index is 738. The average molecular weight is 411 g/mol. The van der Waals surface area contributed by atoms with Crippen LogP contribution >= 0.6 is 31.9 Å². The van der Waals surface area contributed by atoms with Crippen molar-refractivity contribution in [1.82, 2.24) is 0 Å². The monoisotopic (exact) mass is 409 g/mol. The molecule has 2 aromatic rings. The Labute approximate surface area is 138 Å². The standard InChI is InChI=1S/C15H9Br2NO3/c16-12-3-4-14(11(5-12)7-18)21-8-10-2-1-9(15(19)20)6-13(10)17/h1-6H,8H2,(H,19,20). The highest BCUT2D eigenvalue weighted by molar-refractivity contribution is 9.10. The van der Waals surface area contributed by atoms with Crippen LogP contribution in [0.4, 0.5) is 0 Å². The van der Waals surface area contributed by atoms with Gasteiger partial charge in [0.2, 0.25) is 0 Å². The summed E-state index contributed by atoms with van der Waals surface area (Å²) in [6, 6.07) is 12.0. The number of carbonyl (C=O) groups is 1. The molecule has 0 saturated carbocycles. The van der Waals surface area contributed by atoms with E-state index in [9.17, 15) is 4.79 Å². The number of hydrogen-bond acceptors (Lipinski definition) is 3. The van der Waals surface area contributed by atoms with Gasteiger partial charge < -0.3 is 9.84 Å². The van der Waals surface area contributed by atoms with Crippen molar-refractivity contribution >= 4 is 37.8 Å². The van der Waals surface area contributed by atoms with E-state index in [2.05, 4.69) is 37.9 Å². The second-order valence-corrected chi connectivity index (χ2v) is 5.92. The number of benzene rings is 2. The second kappa shape index (κ2) is 6.74. The smallest absolute Gasteiger partial charge is 0.335 e. The number of nitriles is 1. The molecular weight excluding hydrogens is 402 g/mol. The molecule has 0 saturated heterocycles. The summed E-state index contributed by atoms with van der Waals surface area (Å²) in [5.41, 5.74) is 1.43. The van der Waals surface area contributed by atoms with E-state index >= 15 is 0 Å². The second-order valence-electron chi connectivity index (χ2n) is 4.15. The summed E-state index contributed by atoms with van der Waals surface area (Å²) in [5.74, 6) is -0.502. The molecule has 106 valence electrons. The van der Waals surface area contributed by atoms with E-state index in [0.717, 1.165) is 10.0 Å². The van der Waals surface area contributed by atoms with E-state index in [0.29, 0.717) is 15.8 Å². The van der Waals surface area contributed by atoms with Gasteiger partial charge in [0.05, 0.1) is 11.1 Å². The van der Waals surface area contributed by atoms with Gasteiger partial charge in [-0.25, -0.2) is 4.79 Å². The van der Waals surface area contributed by atoms with E-state index < -0.39 is 5.97 Å². The van der Waals surface area contributed by atoms with Gasteiger partial charge in [-0.1, -0.05) is 37.9 Å². The van der Waals surface area contributed by atoms with Crippen LogP contribution < -0.4 is 4.74 Å². The minimum absolute atomic E-state index is 0.201. The summed E-state index contributed by atoms with van der Waals surface area (Å²) >= 11 is 6.62. The van der Waals surface area contributed by atoms with Crippen molar-refractivity contribution in [2.45, 2.75) is 6.61 Å². The Morgan fingerprint density at radius 3 is 2.62 bits per heavy atom. The van der Waals surface area contributed by atoms with Crippen LogP contribution in [0.15, 0.2) is 45.3 Å². The van der Waals surface area contributed by atoms with Crippen molar-refractivity contribution in [3.63, 3.8) is 0 Å². The third-order valence-electron chi connectivity index (χ3n) is 2.75. The number of ether oxygens (including phenoxy) is 1. The molecule has 6 heteroatoms. The van der Waals surface area contributed by atoms with Crippen molar-refractivity contribution in [3.05, 3.63) is 62.0 Å². The van der Waals surface area contributed by atoms with Crippen LogP contribution in [0.2, 0.25) is 0 Å².